The Bertz CT molecular complexity index is 1990. The molecule has 15 heteroatoms. The molecule has 212 valence electrons. The number of carboxylic acids is 1. The highest BCUT2D eigenvalue weighted by Crippen LogP contribution is 2.14. The van der Waals surface area contributed by atoms with Crippen molar-refractivity contribution in [2.45, 2.75) is 19.6 Å². The molecular weight excluding hydrogens is 564 g/mol. The van der Waals surface area contributed by atoms with E-state index in [2.05, 4.69) is 31.1 Å². The third-order valence-corrected chi connectivity index (χ3v) is 6.64. The van der Waals surface area contributed by atoms with Crippen LogP contribution in [0.4, 0.5) is 11.4 Å². The summed E-state index contributed by atoms with van der Waals surface area (Å²) in [6.07, 6.45) is 0. The second-order valence-corrected chi connectivity index (χ2v) is 9.57. The van der Waals surface area contributed by atoms with Gasteiger partial charge in [-0.05, 0) is 47.1 Å². The van der Waals surface area contributed by atoms with Gasteiger partial charge in [0.15, 0.2) is 0 Å². The number of H-pyrrole nitrogens is 1. The Labute approximate surface area is 240 Å². The monoisotopic (exact) mass is 586 g/mol. The number of rotatable bonds is 10. The predicted molar refractivity (Wildman–Crippen MR) is 153 cm³/mol. The standard InChI is InChI=1S/C27H22N8O6S/c28-19-20(22(37)21(19)36)29-11-14-2-1-3-15(8-14)12-31-24(39)18-9-17(32-26-33-34-27(42)35(18)26)23(38)30-10-13-4-6-16(7-5-13)25(40)41/h1-9,29H,10-12,28H2,(H,30,38)(H,31,39)(H,34,42)(H,40,41). The third kappa shape index (κ3) is 5.62. The number of carbonyl (C=O) groups excluding carboxylic acids is 2. The lowest BCUT2D eigenvalue weighted by atomic mass is 10.1. The van der Waals surface area contributed by atoms with E-state index in [-0.39, 0.29) is 58.5 Å². The van der Waals surface area contributed by atoms with E-state index < -0.39 is 28.6 Å². The second-order valence-electron chi connectivity index (χ2n) is 9.18. The quantitative estimate of drug-likeness (QED) is 0.101. The number of fused-ring (bicyclic) bond motifs is 1. The van der Waals surface area contributed by atoms with Gasteiger partial charge >= 0.3 is 5.97 Å². The molecule has 2 amide bonds. The van der Waals surface area contributed by atoms with E-state index in [1.54, 1.807) is 24.3 Å². The SMILES string of the molecule is Nc1c(NCc2cccc(CNC(=O)c3cc(C(=O)NCc4ccc(C(=O)O)cc4)nc4n[nH]c(=S)n34)c2)c(=O)c1=O. The zero-order valence-electron chi connectivity index (χ0n) is 21.6. The fraction of sp³-hybridized carbons (Fsp3) is 0.111. The number of benzene rings is 2. The van der Waals surface area contributed by atoms with Crippen LogP contribution < -0.4 is 32.5 Å². The van der Waals surface area contributed by atoms with Crippen LogP contribution in [0.2, 0.25) is 0 Å². The number of carbonyl (C=O) groups is 3. The Hall–Kier alpha value is -5.70. The van der Waals surface area contributed by atoms with Crippen LogP contribution in [0, 0.1) is 4.77 Å². The second kappa shape index (κ2) is 11.4. The topological polar surface area (TPSA) is 214 Å². The molecule has 0 aliphatic carbocycles. The highest BCUT2D eigenvalue weighted by molar-refractivity contribution is 7.71. The lowest BCUT2D eigenvalue weighted by Crippen LogP contribution is -2.36. The lowest BCUT2D eigenvalue weighted by molar-refractivity contribution is 0.0696. The maximum Gasteiger partial charge on any atom is 0.335 e. The third-order valence-electron chi connectivity index (χ3n) is 6.37. The molecule has 0 bridgehead atoms. The number of aromatic amines is 1. The lowest BCUT2D eigenvalue weighted by Gasteiger charge is -2.12. The van der Waals surface area contributed by atoms with Crippen LogP contribution in [0.5, 0.6) is 0 Å². The molecule has 7 N–H and O–H groups in total. The van der Waals surface area contributed by atoms with E-state index in [0.29, 0.717) is 5.56 Å². The molecule has 42 heavy (non-hydrogen) atoms. The summed E-state index contributed by atoms with van der Waals surface area (Å²) in [6.45, 7) is 0.464. The average molecular weight is 587 g/mol. The molecule has 0 atom stereocenters. The van der Waals surface area contributed by atoms with E-state index in [1.807, 2.05) is 12.1 Å². The van der Waals surface area contributed by atoms with Crippen molar-refractivity contribution in [3.8, 4) is 0 Å². The first kappa shape index (κ1) is 27.9. The van der Waals surface area contributed by atoms with Gasteiger partial charge in [0.25, 0.3) is 28.4 Å². The number of hydrogen-bond donors (Lipinski definition) is 6. The van der Waals surface area contributed by atoms with Gasteiger partial charge in [-0.15, -0.1) is 5.10 Å². The fourth-order valence-electron chi connectivity index (χ4n) is 4.13. The number of hydrogen-bond acceptors (Lipinski definition) is 10. The smallest absolute Gasteiger partial charge is 0.335 e. The molecule has 5 aromatic rings. The Morgan fingerprint density at radius 2 is 1.57 bits per heavy atom. The number of nitrogen functional groups attached to an aromatic ring is 1. The molecule has 2 aromatic heterocycles. The van der Waals surface area contributed by atoms with Crippen LogP contribution in [0.25, 0.3) is 5.78 Å². The summed E-state index contributed by atoms with van der Waals surface area (Å²) in [6, 6.07) is 14.5. The zero-order valence-corrected chi connectivity index (χ0v) is 22.4. The van der Waals surface area contributed by atoms with Gasteiger partial charge in [-0.25, -0.2) is 19.3 Å². The van der Waals surface area contributed by atoms with E-state index in [9.17, 15) is 24.0 Å². The Morgan fingerprint density at radius 3 is 2.26 bits per heavy atom. The number of nitrogens with two attached hydrogens (primary N) is 1. The number of aromatic nitrogens is 4. The number of anilines is 2. The molecule has 0 saturated heterocycles. The summed E-state index contributed by atoms with van der Waals surface area (Å²) in [5.74, 6) is -2.15. The van der Waals surface area contributed by atoms with Gasteiger partial charge < -0.3 is 26.8 Å². The van der Waals surface area contributed by atoms with Gasteiger partial charge in [-0.2, -0.15) is 0 Å². The Kier molecular flexibility index (Phi) is 7.57. The molecule has 0 spiro atoms. The molecule has 0 unspecified atom stereocenters. The van der Waals surface area contributed by atoms with E-state index in [1.165, 1.54) is 22.6 Å². The minimum Gasteiger partial charge on any atom is -0.478 e. The minimum absolute atomic E-state index is 0.0225. The molecule has 0 aliphatic heterocycles. The molecular formula is C27H22N8O6S. The molecule has 0 fully saturated rings. The van der Waals surface area contributed by atoms with Crippen LogP contribution >= 0.6 is 12.2 Å². The van der Waals surface area contributed by atoms with Crippen molar-refractivity contribution in [2.24, 2.45) is 0 Å². The van der Waals surface area contributed by atoms with Crippen LogP contribution in [0.1, 0.15) is 48.0 Å². The van der Waals surface area contributed by atoms with Gasteiger partial charge in [0.1, 0.15) is 22.8 Å². The van der Waals surface area contributed by atoms with Gasteiger partial charge in [0.05, 0.1) is 5.56 Å². The molecule has 5 rings (SSSR count). The molecule has 0 radical (unpaired) electrons. The summed E-state index contributed by atoms with van der Waals surface area (Å²) in [4.78, 5) is 64.3. The Balaban J connectivity index is 1.28. The molecule has 2 heterocycles. The minimum atomic E-state index is -1.06. The van der Waals surface area contributed by atoms with Crippen molar-refractivity contribution in [1.82, 2.24) is 30.2 Å². The average Bonchev–Trinajstić information content (AvgIpc) is 3.38. The van der Waals surface area contributed by atoms with Gasteiger partial charge in [-0.1, -0.05) is 36.4 Å². The molecule has 0 saturated carbocycles. The number of carboxylic acid groups (broad SMARTS) is 1. The van der Waals surface area contributed by atoms with Crippen molar-refractivity contribution < 1.29 is 19.5 Å². The maximum absolute atomic E-state index is 13.2. The van der Waals surface area contributed by atoms with Gasteiger partial charge in [0.2, 0.25) is 4.77 Å². The van der Waals surface area contributed by atoms with Crippen molar-refractivity contribution in [1.29, 1.82) is 0 Å². The van der Waals surface area contributed by atoms with E-state index in [0.717, 1.165) is 11.1 Å². The molecule has 0 aliphatic rings. The van der Waals surface area contributed by atoms with Gasteiger partial charge in [0, 0.05) is 19.6 Å². The first-order valence-electron chi connectivity index (χ1n) is 12.4. The van der Waals surface area contributed by atoms with Crippen LogP contribution in [-0.2, 0) is 19.6 Å². The zero-order chi connectivity index (χ0) is 30.0. The summed E-state index contributed by atoms with van der Waals surface area (Å²) < 4.78 is 1.42. The Morgan fingerprint density at radius 1 is 0.905 bits per heavy atom. The molecule has 14 nitrogen and oxygen atoms in total. The predicted octanol–water partition coefficient (Wildman–Crippen LogP) is 1.14. The number of nitrogens with zero attached hydrogens (tertiary/aromatic N) is 3. The van der Waals surface area contributed by atoms with Crippen molar-refractivity contribution in [3.63, 3.8) is 0 Å². The summed E-state index contributed by atoms with van der Waals surface area (Å²) in [5, 5.41) is 23.9. The maximum atomic E-state index is 13.2. The highest BCUT2D eigenvalue weighted by Gasteiger charge is 2.19. The summed E-state index contributed by atoms with van der Waals surface area (Å²) in [5.41, 5.74) is 6.47. The van der Waals surface area contributed by atoms with Crippen LogP contribution in [0.3, 0.4) is 0 Å². The van der Waals surface area contributed by atoms with Gasteiger partial charge in [-0.3, -0.25) is 19.2 Å². The summed E-state index contributed by atoms with van der Waals surface area (Å²) in [7, 11) is 0. The largest absolute Gasteiger partial charge is 0.478 e. The number of nitrogens with one attached hydrogen (secondary N) is 4. The highest BCUT2D eigenvalue weighted by atomic mass is 32.1. The fourth-order valence-corrected chi connectivity index (χ4v) is 4.36. The van der Waals surface area contributed by atoms with Crippen molar-refractivity contribution in [3.05, 3.63) is 113 Å². The first-order chi connectivity index (χ1) is 20.1. The van der Waals surface area contributed by atoms with Crippen LogP contribution in [-0.4, -0.2) is 42.5 Å². The first-order valence-corrected chi connectivity index (χ1v) is 12.8. The van der Waals surface area contributed by atoms with E-state index >= 15 is 0 Å². The summed E-state index contributed by atoms with van der Waals surface area (Å²) >= 11 is 5.25. The van der Waals surface area contributed by atoms with Crippen molar-refractivity contribution >= 4 is 47.2 Å². The molecule has 3 aromatic carbocycles. The van der Waals surface area contributed by atoms with Crippen molar-refractivity contribution in [2.75, 3.05) is 11.1 Å². The normalized spacial score (nSPS) is 11.0. The number of aromatic carboxylic acids is 1. The number of amides is 2. The van der Waals surface area contributed by atoms with E-state index in [4.69, 9.17) is 23.1 Å². The van der Waals surface area contributed by atoms with Crippen LogP contribution in [0.15, 0.2) is 64.2 Å².